The molecule has 1 fully saturated rings. The second-order valence-corrected chi connectivity index (χ2v) is 5.70. The van der Waals surface area contributed by atoms with Gasteiger partial charge in [-0.2, -0.15) is 0 Å². The third-order valence-corrected chi connectivity index (χ3v) is 4.49. The maximum atomic E-state index is 12.1. The van der Waals surface area contributed by atoms with Crippen LogP contribution in [0.2, 0.25) is 0 Å². The summed E-state index contributed by atoms with van der Waals surface area (Å²) in [6.07, 6.45) is 0.768. The van der Waals surface area contributed by atoms with Gasteiger partial charge in [0.2, 0.25) is 0 Å². The predicted molar refractivity (Wildman–Crippen MR) is 66.4 cm³/mol. The molecule has 0 amide bonds. The van der Waals surface area contributed by atoms with Gasteiger partial charge in [0, 0.05) is 17.4 Å². The molecule has 2 rings (SSSR count). The van der Waals surface area contributed by atoms with Crippen LogP contribution in [0.1, 0.15) is 12.0 Å². The molecule has 0 N–H and O–H groups in total. The van der Waals surface area contributed by atoms with Crippen molar-refractivity contribution in [2.75, 3.05) is 19.0 Å². The van der Waals surface area contributed by atoms with E-state index in [0.29, 0.717) is 13.2 Å². The largest absolute Gasteiger partial charge is 0.381 e. The summed E-state index contributed by atoms with van der Waals surface area (Å²) in [7, 11) is -1.23. The van der Waals surface area contributed by atoms with Crippen molar-refractivity contribution in [3.05, 3.63) is 29.8 Å². The Bertz CT molecular complexity index is 436. The number of hydrogen-bond acceptors (Lipinski definition) is 3. The van der Waals surface area contributed by atoms with Crippen LogP contribution in [0.15, 0.2) is 29.2 Å². The predicted octanol–water partition coefficient (Wildman–Crippen LogP) is 1.71. The van der Waals surface area contributed by atoms with E-state index in [1.165, 1.54) is 0 Å². The van der Waals surface area contributed by atoms with Crippen LogP contribution in [0.4, 0.5) is 0 Å². The molecular weight excluding hydrogens is 236 g/mol. The van der Waals surface area contributed by atoms with Crippen molar-refractivity contribution in [3.8, 4) is 0 Å². The topological polar surface area (TPSA) is 43.4 Å². The highest BCUT2D eigenvalue weighted by Gasteiger charge is 2.25. The number of rotatable bonds is 4. The molecule has 92 valence electrons. The van der Waals surface area contributed by atoms with E-state index in [1.807, 2.05) is 31.2 Å². The van der Waals surface area contributed by atoms with Gasteiger partial charge < -0.3 is 4.74 Å². The van der Waals surface area contributed by atoms with Crippen LogP contribution in [-0.4, -0.2) is 29.0 Å². The molecule has 1 aliphatic rings. The van der Waals surface area contributed by atoms with E-state index in [0.717, 1.165) is 16.9 Å². The smallest absolute Gasteiger partial charge is 0.151 e. The molecule has 1 aromatic carbocycles. The zero-order valence-electron chi connectivity index (χ0n) is 9.85. The van der Waals surface area contributed by atoms with Gasteiger partial charge in [0.15, 0.2) is 5.78 Å². The minimum absolute atomic E-state index is 0.0528. The highest BCUT2D eigenvalue weighted by molar-refractivity contribution is 7.85. The van der Waals surface area contributed by atoms with E-state index >= 15 is 0 Å². The molecule has 0 spiro atoms. The summed E-state index contributed by atoms with van der Waals surface area (Å²) in [5, 5.41) is 0. The molecule has 4 heteroatoms. The molecule has 2 atom stereocenters. The standard InChI is InChI=1S/C13H16O3S/c1-10-4-2-3-5-13(10)17(15)9-12(14)11-6-7-16-8-11/h2-5,11H,6-9H2,1H3. The summed E-state index contributed by atoms with van der Waals surface area (Å²) < 4.78 is 17.3. The van der Waals surface area contributed by atoms with E-state index in [2.05, 4.69) is 0 Å². The van der Waals surface area contributed by atoms with E-state index in [4.69, 9.17) is 4.74 Å². The summed E-state index contributed by atoms with van der Waals surface area (Å²) >= 11 is 0. The van der Waals surface area contributed by atoms with Crippen LogP contribution in [0, 0.1) is 12.8 Å². The zero-order chi connectivity index (χ0) is 12.3. The Morgan fingerprint density at radius 2 is 2.24 bits per heavy atom. The first kappa shape index (κ1) is 12.5. The van der Waals surface area contributed by atoms with E-state index < -0.39 is 10.8 Å². The van der Waals surface area contributed by atoms with Gasteiger partial charge >= 0.3 is 0 Å². The fourth-order valence-corrected chi connectivity index (χ4v) is 3.23. The Morgan fingerprint density at radius 3 is 2.88 bits per heavy atom. The molecule has 2 unspecified atom stereocenters. The summed E-state index contributed by atoms with van der Waals surface area (Å²) in [6, 6.07) is 7.49. The molecule has 1 heterocycles. The quantitative estimate of drug-likeness (QED) is 0.819. The van der Waals surface area contributed by atoms with Crippen LogP contribution < -0.4 is 0 Å². The Kier molecular flexibility index (Phi) is 4.07. The van der Waals surface area contributed by atoms with Crippen LogP contribution >= 0.6 is 0 Å². The number of aryl methyl sites for hydroxylation is 1. The van der Waals surface area contributed by atoms with Gasteiger partial charge in [-0.05, 0) is 25.0 Å². The third-order valence-electron chi connectivity index (χ3n) is 3.00. The molecule has 0 aliphatic carbocycles. The van der Waals surface area contributed by atoms with Crippen LogP contribution in [-0.2, 0) is 20.3 Å². The summed E-state index contributed by atoms with van der Waals surface area (Å²) in [5.41, 5.74) is 0.973. The highest BCUT2D eigenvalue weighted by Crippen LogP contribution is 2.17. The van der Waals surface area contributed by atoms with Crippen molar-refractivity contribution >= 4 is 16.6 Å². The molecule has 1 saturated heterocycles. The summed E-state index contributed by atoms with van der Waals surface area (Å²) in [4.78, 5) is 12.6. The Morgan fingerprint density at radius 1 is 1.47 bits per heavy atom. The first-order valence-electron chi connectivity index (χ1n) is 5.73. The lowest BCUT2D eigenvalue weighted by atomic mass is 10.1. The molecular formula is C13H16O3S. The summed E-state index contributed by atoms with van der Waals surface area (Å²) in [6.45, 7) is 3.05. The van der Waals surface area contributed by atoms with Gasteiger partial charge in [-0.1, -0.05) is 18.2 Å². The fraction of sp³-hybridized carbons (Fsp3) is 0.462. The first-order chi connectivity index (χ1) is 8.18. The zero-order valence-corrected chi connectivity index (χ0v) is 10.7. The van der Waals surface area contributed by atoms with Crippen molar-refractivity contribution in [3.63, 3.8) is 0 Å². The Balaban J connectivity index is 2.02. The van der Waals surface area contributed by atoms with E-state index in [1.54, 1.807) is 0 Å². The lowest BCUT2D eigenvalue weighted by molar-refractivity contribution is -0.120. The van der Waals surface area contributed by atoms with Gasteiger partial charge in [-0.3, -0.25) is 9.00 Å². The van der Waals surface area contributed by atoms with Crippen molar-refractivity contribution < 1.29 is 13.7 Å². The maximum Gasteiger partial charge on any atom is 0.151 e. The molecule has 3 nitrogen and oxygen atoms in total. The minimum atomic E-state index is -1.23. The van der Waals surface area contributed by atoms with E-state index in [9.17, 15) is 9.00 Å². The summed E-state index contributed by atoms with van der Waals surface area (Å²) in [5.74, 6) is 0.117. The van der Waals surface area contributed by atoms with E-state index in [-0.39, 0.29) is 17.5 Å². The monoisotopic (exact) mass is 252 g/mol. The molecule has 1 aliphatic heterocycles. The average Bonchev–Trinajstić information content (AvgIpc) is 2.82. The van der Waals surface area contributed by atoms with Gasteiger partial charge in [0.1, 0.15) is 0 Å². The van der Waals surface area contributed by atoms with Crippen molar-refractivity contribution in [1.29, 1.82) is 0 Å². The lowest BCUT2D eigenvalue weighted by Gasteiger charge is -2.08. The van der Waals surface area contributed by atoms with Crippen LogP contribution in [0.5, 0.6) is 0 Å². The van der Waals surface area contributed by atoms with Crippen LogP contribution in [0.3, 0.4) is 0 Å². The molecule has 17 heavy (non-hydrogen) atoms. The molecule has 0 aromatic heterocycles. The molecule has 0 bridgehead atoms. The van der Waals surface area contributed by atoms with Gasteiger partial charge in [0.05, 0.1) is 23.2 Å². The first-order valence-corrected chi connectivity index (χ1v) is 7.05. The number of carbonyl (C=O) groups excluding carboxylic acids is 1. The number of Topliss-reactive ketones (excluding diaryl/α,β-unsaturated/α-hetero) is 1. The van der Waals surface area contributed by atoms with Crippen LogP contribution in [0.25, 0.3) is 0 Å². The number of ketones is 1. The Labute approximate surface area is 104 Å². The second-order valence-electron chi connectivity index (χ2n) is 4.28. The fourth-order valence-electron chi connectivity index (χ4n) is 1.93. The number of carbonyl (C=O) groups is 1. The minimum Gasteiger partial charge on any atom is -0.381 e. The van der Waals surface area contributed by atoms with Crippen molar-refractivity contribution in [2.24, 2.45) is 5.92 Å². The van der Waals surface area contributed by atoms with Crippen molar-refractivity contribution in [1.82, 2.24) is 0 Å². The molecule has 0 saturated carbocycles. The van der Waals surface area contributed by atoms with Gasteiger partial charge in [0.25, 0.3) is 0 Å². The normalized spacial score (nSPS) is 21.4. The molecule has 0 radical (unpaired) electrons. The Hall–Kier alpha value is -1.00. The number of ether oxygens (including phenoxy) is 1. The second kappa shape index (κ2) is 5.56. The SMILES string of the molecule is Cc1ccccc1S(=O)CC(=O)C1CCOC1. The van der Waals surface area contributed by atoms with Gasteiger partial charge in [-0.25, -0.2) is 0 Å². The maximum absolute atomic E-state index is 12.1. The van der Waals surface area contributed by atoms with Gasteiger partial charge in [-0.15, -0.1) is 0 Å². The average molecular weight is 252 g/mol. The lowest BCUT2D eigenvalue weighted by Crippen LogP contribution is -2.21. The number of hydrogen-bond donors (Lipinski definition) is 0. The highest BCUT2D eigenvalue weighted by atomic mass is 32.2. The number of benzene rings is 1. The third kappa shape index (κ3) is 3.01. The van der Waals surface area contributed by atoms with Crippen molar-refractivity contribution in [2.45, 2.75) is 18.2 Å². The molecule has 1 aromatic rings.